The summed E-state index contributed by atoms with van der Waals surface area (Å²) in [4.78, 5) is 3.79. The van der Waals surface area contributed by atoms with E-state index in [-0.39, 0.29) is 22.9 Å². The van der Waals surface area contributed by atoms with Crippen LogP contribution in [0.1, 0.15) is 11.1 Å². The van der Waals surface area contributed by atoms with Gasteiger partial charge in [0, 0.05) is 6.20 Å². The molecule has 4 nitrogen and oxygen atoms in total. The summed E-state index contributed by atoms with van der Waals surface area (Å²) in [6.07, 6.45) is -3.18. The summed E-state index contributed by atoms with van der Waals surface area (Å²) in [5.41, 5.74) is 4.91. The average Bonchev–Trinajstić information content (AvgIpc) is 2.40. The number of nitriles is 1. The van der Waals surface area contributed by atoms with Crippen molar-refractivity contribution in [2.45, 2.75) is 6.18 Å². The van der Waals surface area contributed by atoms with Crippen LogP contribution < -0.4 is 10.5 Å². The second-order valence-corrected chi connectivity index (χ2v) is 3.82. The highest BCUT2D eigenvalue weighted by molar-refractivity contribution is 5.60. The number of nitrogens with zero attached hydrogens (tertiary/aromatic N) is 2. The van der Waals surface area contributed by atoms with Gasteiger partial charge in [-0.25, -0.2) is 4.98 Å². The molecule has 0 amide bonds. The lowest BCUT2D eigenvalue weighted by molar-refractivity contribution is -0.137. The van der Waals surface area contributed by atoms with E-state index >= 15 is 0 Å². The van der Waals surface area contributed by atoms with E-state index in [1.54, 1.807) is 0 Å². The number of alkyl halides is 3. The second-order valence-electron chi connectivity index (χ2n) is 3.82. The van der Waals surface area contributed by atoms with Gasteiger partial charge in [0.05, 0.1) is 11.1 Å². The SMILES string of the molecule is N#Cc1ccnc(Oc2cccc(C(F)(F)F)c2)c1N. The third-order valence-corrected chi connectivity index (χ3v) is 2.45. The fourth-order valence-electron chi connectivity index (χ4n) is 1.48. The van der Waals surface area contributed by atoms with Gasteiger partial charge in [-0.15, -0.1) is 0 Å². The molecule has 102 valence electrons. The Balaban J connectivity index is 2.34. The van der Waals surface area contributed by atoms with Crippen LogP contribution in [0.5, 0.6) is 11.6 Å². The van der Waals surface area contributed by atoms with E-state index < -0.39 is 11.7 Å². The summed E-state index contributed by atoms with van der Waals surface area (Å²) >= 11 is 0. The van der Waals surface area contributed by atoms with E-state index in [2.05, 4.69) is 4.98 Å². The zero-order valence-corrected chi connectivity index (χ0v) is 9.98. The molecule has 0 spiro atoms. The van der Waals surface area contributed by atoms with Crippen LogP contribution >= 0.6 is 0 Å². The number of benzene rings is 1. The van der Waals surface area contributed by atoms with Gasteiger partial charge < -0.3 is 10.5 Å². The third kappa shape index (κ3) is 2.80. The summed E-state index contributed by atoms with van der Waals surface area (Å²) in [5, 5.41) is 8.80. The van der Waals surface area contributed by atoms with Crippen molar-refractivity contribution in [2.24, 2.45) is 0 Å². The average molecular weight is 279 g/mol. The molecule has 20 heavy (non-hydrogen) atoms. The first kappa shape index (κ1) is 13.7. The summed E-state index contributed by atoms with van der Waals surface area (Å²) in [5.74, 6) is -0.169. The summed E-state index contributed by atoms with van der Waals surface area (Å²) in [6, 6.07) is 7.53. The second kappa shape index (κ2) is 5.09. The molecule has 0 fully saturated rings. The lowest BCUT2D eigenvalue weighted by Gasteiger charge is -2.10. The number of hydrogen-bond acceptors (Lipinski definition) is 4. The van der Waals surface area contributed by atoms with E-state index in [1.165, 1.54) is 24.4 Å². The van der Waals surface area contributed by atoms with Crippen LogP contribution in [0.4, 0.5) is 18.9 Å². The van der Waals surface area contributed by atoms with Crippen molar-refractivity contribution in [3.05, 3.63) is 47.7 Å². The van der Waals surface area contributed by atoms with E-state index in [1.807, 2.05) is 6.07 Å². The molecule has 0 radical (unpaired) electrons. The van der Waals surface area contributed by atoms with E-state index in [4.69, 9.17) is 15.7 Å². The van der Waals surface area contributed by atoms with Crippen molar-refractivity contribution in [3.63, 3.8) is 0 Å². The number of ether oxygens (including phenoxy) is 1. The minimum Gasteiger partial charge on any atom is -0.437 e. The van der Waals surface area contributed by atoms with Gasteiger partial charge in [-0.2, -0.15) is 18.4 Å². The third-order valence-electron chi connectivity index (χ3n) is 2.45. The van der Waals surface area contributed by atoms with Crippen molar-refractivity contribution in [3.8, 4) is 17.7 Å². The topological polar surface area (TPSA) is 71.9 Å². The van der Waals surface area contributed by atoms with Gasteiger partial charge in [0.25, 0.3) is 0 Å². The maximum Gasteiger partial charge on any atom is 0.416 e. The number of nitrogen functional groups attached to an aromatic ring is 1. The van der Waals surface area contributed by atoms with Crippen LogP contribution in [-0.2, 0) is 6.18 Å². The number of pyridine rings is 1. The summed E-state index contributed by atoms with van der Waals surface area (Å²) in [7, 11) is 0. The van der Waals surface area contributed by atoms with Gasteiger partial charge in [-0.3, -0.25) is 0 Å². The molecule has 2 rings (SSSR count). The fourth-order valence-corrected chi connectivity index (χ4v) is 1.48. The number of aromatic nitrogens is 1. The molecule has 1 aromatic heterocycles. The minimum atomic E-state index is -4.47. The Hall–Kier alpha value is -2.75. The molecular formula is C13H8F3N3O. The van der Waals surface area contributed by atoms with Gasteiger partial charge >= 0.3 is 6.18 Å². The van der Waals surface area contributed by atoms with Gasteiger partial charge in [-0.1, -0.05) is 6.07 Å². The van der Waals surface area contributed by atoms with Crippen LogP contribution in [0.3, 0.4) is 0 Å². The number of nitrogens with two attached hydrogens (primary N) is 1. The Labute approximate surface area is 112 Å². The van der Waals surface area contributed by atoms with Gasteiger partial charge in [0.2, 0.25) is 5.88 Å². The molecule has 0 atom stereocenters. The standard InChI is InChI=1S/C13H8F3N3O/c14-13(15,16)9-2-1-3-10(6-9)20-12-11(18)8(7-17)4-5-19-12/h1-6H,18H2. The highest BCUT2D eigenvalue weighted by Crippen LogP contribution is 2.33. The number of rotatable bonds is 2. The zero-order chi connectivity index (χ0) is 14.8. The lowest BCUT2D eigenvalue weighted by atomic mass is 10.2. The monoisotopic (exact) mass is 279 g/mol. The lowest BCUT2D eigenvalue weighted by Crippen LogP contribution is -2.05. The zero-order valence-electron chi connectivity index (χ0n) is 9.98. The Morgan fingerprint density at radius 3 is 2.65 bits per heavy atom. The first-order chi connectivity index (χ1) is 9.41. The Morgan fingerprint density at radius 1 is 1.25 bits per heavy atom. The number of halogens is 3. The molecule has 0 aliphatic rings. The van der Waals surface area contributed by atoms with Crippen LogP contribution in [0.15, 0.2) is 36.5 Å². The smallest absolute Gasteiger partial charge is 0.416 e. The Kier molecular flexibility index (Phi) is 3.48. The van der Waals surface area contributed by atoms with Gasteiger partial charge in [0.1, 0.15) is 17.5 Å². The summed E-state index contributed by atoms with van der Waals surface area (Å²) in [6.45, 7) is 0. The quantitative estimate of drug-likeness (QED) is 0.915. The maximum absolute atomic E-state index is 12.6. The molecule has 1 heterocycles. The predicted molar refractivity (Wildman–Crippen MR) is 64.9 cm³/mol. The number of hydrogen-bond donors (Lipinski definition) is 1. The highest BCUT2D eigenvalue weighted by atomic mass is 19.4. The van der Waals surface area contributed by atoms with Gasteiger partial charge in [0.15, 0.2) is 0 Å². The van der Waals surface area contributed by atoms with Crippen molar-refractivity contribution in [1.29, 1.82) is 5.26 Å². The predicted octanol–water partition coefficient (Wildman–Crippen LogP) is 3.35. The molecule has 2 N–H and O–H groups in total. The van der Waals surface area contributed by atoms with Crippen LogP contribution in [0.2, 0.25) is 0 Å². The van der Waals surface area contributed by atoms with Gasteiger partial charge in [-0.05, 0) is 24.3 Å². The van der Waals surface area contributed by atoms with E-state index in [0.29, 0.717) is 0 Å². The van der Waals surface area contributed by atoms with Crippen LogP contribution in [0, 0.1) is 11.3 Å². The highest BCUT2D eigenvalue weighted by Gasteiger charge is 2.30. The Bertz CT molecular complexity index is 677. The van der Waals surface area contributed by atoms with Crippen molar-refractivity contribution >= 4 is 5.69 Å². The van der Waals surface area contributed by atoms with Crippen LogP contribution in [0.25, 0.3) is 0 Å². The van der Waals surface area contributed by atoms with Crippen molar-refractivity contribution in [2.75, 3.05) is 5.73 Å². The maximum atomic E-state index is 12.6. The van der Waals surface area contributed by atoms with E-state index in [0.717, 1.165) is 12.1 Å². The molecule has 0 saturated heterocycles. The summed E-state index contributed by atoms with van der Waals surface area (Å²) < 4.78 is 42.9. The molecule has 0 aliphatic carbocycles. The molecule has 1 aromatic carbocycles. The molecule has 2 aromatic rings. The molecular weight excluding hydrogens is 271 g/mol. The first-order valence-electron chi connectivity index (χ1n) is 5.41. The molecule has 0 unspecified atom stereocenters. The largest absolute Gasteiger partial charge is 0.437 e. The normalized spacial score (nSPS) is 10.9. The first-order valence-corrected chi connectivity index (χ1v) is 5.41. The van der Waals surface area contributed by atoms with Crippen LogP contribution in [-0.4, -0.2) is 4.98 Å². The fraction of sp³-hybridized carbons (Fsp3) is 0.0769. The minimum absolute atomic E-state index is 0.0209. The molecule has 0 saturated carbocycles. The number of anilines is 1. The van der Waals surface area contributed by atoms with Crippen molar-refractivity contribution < 1.29 is 17.9 Å². The van der Waals surface area contributed by atoms with Crippen molar-refractivity contribution in [1.82, 2.24) is 4.98 Å². The molecule has 7 heteroatoms. The molecule has 0 bridgehead atoms. The van der Waals surface area contributed by atoms with E-state index in [9.17, 15) is 13.2 Å². The molecule has 0 aliphatic heterocycles. The Morgan fingerprint density at radius 2 is 2.00 bits per heavy atom.